The molecule has 4 rings (SSSR count). The highest BCUT2D eigenvalue weighted by molar-refractivity contribution is 7.15. The minimum absolute atomic E-state index is 0.0108. The molecule has 29 heavy (non-hydrogen) atoms. The first-order valence-corrected chi connectivity index (χ1v) is 9.90. The third-order valence-electron chi connectivity index (χ3n) is 4.56. The summed E-state index contributed by atoms with van der Waals surface area (Å²) >= 11 is 7.34. The monoisotopic (exact) mass is 426 g/mol. The minimum Gasteiger partial charge on any atom is -0.494 e. The summed E-state index contributed by atoms with van der Waals surface area (Å²) in [4.78, 5) is 21.2. The number of nitrogens with one attached hydrogen (secondary N) is 1. The number of carbonyl (C=O) groups is 1. The van der Waals surface area contributed by atoms with E-state index in [1.165, 1.54) is 30.8 Å². The number of carbonyl (C=O) groups excluding carboxylic acids is 1. The first-order chi connectivity index (χ1) is 14.0. The molecule has 10 heteroatoms. The van der Waals surface area contributed by atoms with Gasteiger partial charge in [-0.05, 0) is 25.5 Å². The smallest absolute Gasteiger partial charge is 0.259 e. The van der Waals surface area contributed by atoms with Gasteiger partial charge in [-0.3, -0.25) is 15.1 Å². The van der Waals surface area contributed by atoms with Crippen LogP contribution in [0.3, 0.4) is 0 Å². The molecule has 1 N–H and O–H groups in total. The normalized spacial score (nSPS) is 17.4. The van der Waals surface area contributed by atoms with Crippen LogP contribution in [0.2, 0.25) is 5.15 Å². The Bertz CT molecular complexity index is 1140. The van der Waals surface area contributed by atoms with Crippen molar-refractivity contribution in [1.29, 1.82) is 5.26 Å². The predicted octanol–water partition coefficient (Wildman–Crippen LogP) is 3.84. The zero-order valence-electron chi connectivity index (χ0n) is 15.5. The molecule has 3 aromatic rings. The zero-order valence-corrected chi connectivity index (χ0v) is 17.1. The fraction of sp³-hybridized carbons (Fsp3) is 0.263. The van der Waals surface area contributed by atoms with Gasteiger partial charge in [-0.2, -0.15) is 5.26 Å². The van der Waals surface area contributed by atoms with E-state index in [2.05, 4.69) is 31.6 Å². The van der Waals surface area contributed by atoms with Gasteiger partial charge in [-0.15, -0.1) is 10.2 Å². The van der Waals surface area contributed by atoms with E-state index in [1.54, 1.807) is 12.1 Å². The topological polar surface area (TPSA) is 114 Å². The fourth-order valence-corrected chi connectivity index (χ4v) is 4.04. The predicted molar refractivity (Wildman–Crippen MR) is 108 cm³/mol. The number of anilines is 1. The summed E-state index contributed by atoms with van der Waals surface area (Å²) in [7, 11) is 1.53. The Kier molecular flexibility index (Phi) is 5.13. The third kappa shape index (κ3) is 3.90. The molecule has 1 fully saturated rings. The lowest BCUT2D eigenvalue weighted by Gasteiger charge is -2.13. The maximum Gasteiger partial charge on any atom is 0.259 e. The maximum atomic E-state index is 13.0. The number of hydrogen-bond donors (Lipinski definition) is 1. The SMILES string of the molecule is COc1cnc(Cl)cc1-c1cc(C)ncc1C(=O)Nc1nnc([C@H]2C[C@@H]2C#N)s1. The average Bonchev–Trinajstić information content (AvgIpc) is 3.37. The van der Waals surface area contributed by atoms with Crippen molar-refractivity contribution in [2.45, 2.75) is 19.3 Å². The summed E-state index contributed by atoms with van der Waals surface area (Å²) in [6.45, 7) is 1.83. The van der Waals surface area contributed by atoms with Crippen LogP contribution in [0.25, 0.3) is 11.1 Å². The van der Waals surface area contributed by atoms with Gasteiger partial charge in [0.25, 0.3) is 5.91 Å². The minimum atomic E-state index is -0.377. The molecule has 0 saturated heterocycles. The van der Waals surface area contributed by atoms with Crippen molar-refractivity contribution in [2.24, 2.45) is 5.92 Å². The number of nitriles is 1. The standard InChI is InChI=1S/C19H15ClN6O2S/c1-9-3-12(13-5-16(20)23-8-15(13)28-2)14(7-22-9)17(27)24-19-26-25-18(29-19)11-4-10(11)6-21/h3,5,7-8,10-11H,4H2,1-2H3,(H,24,26,27)/t10-,11+/m1/s1. The van der Waals surface area contributed by atoms with Gasteiger partial charge in [0.15, 0.2) is 0 Å². The highest BCUT2D eigenvalue weighted by atomic mass is 35.5. The number of aryl methyl sites for hydroxylation is 1. The molecule has 8 nitrogen and oxygen atoms in total. The van der Waals surface area contributed by atoms with Crippen LogP contribution < -0.4 is 10.1 Å². The van der Waals surface area contributed by atoms with Crippen LogP contribution in [0.15, 0.2) is 24.5 Å². The molecule has 0 aliphatic heterocycles. The molecule has 2 atom stereocenters. The maximum absolute atomic E-state index is 13.0. The Balaban J connectivity index is 1.65. The largest absolute Gasteiger partial charge is 0.494 e. The van der Waals surface area contributed by atoms with Crippen molar-refractivity contribution in [3.63, 3.8) is 0 Å². The number of rotatable bonds is 5. The van der Waals surface area contributed by atoms with E-state index in [0.717, 1.165) is 17.1 Å². The molecule has 1 aliphatic rings. The molecule has 3 heterocycles. The second-order valence-corrected chi connectivity index (χ2v) is 7.95. The summed E-state index contributed by atoms with van der Waals surface area (Å²) in [6.07, 6.45) is 3.80. The molecule has 3 aromatic heterocycles. The van der Waals surface area contributed by atoms with Gasteiger partial charge in [-0.25, -0.2) is 4.98 Å². The van der Waals surface area contributed by atoms with E-state index in [4.69, 9.17) is 21.6 Å². The summed E-state index contributed by atoms with van der Waals surface area (Å²) in [5, 5.41) is 21.3. The third-order valence-corrected chi connectivity index (χ3v) is 5.74. The number of ether oxygens (including phenoxy) is 1. The van der Waals surface area contributed by atoms with E-state index in [9.17, 15) is 4.79 Å². The Morgan fingerprint density at radius 3 is 2.86 bits per heavy atom. The number of halogens is 1. The van der Waals surface area contributed by atoms with Crippen LogP contribution in [-0.4, -0.2) is 33.2 Å². The van der Waals surface area contributed by atoms with Crippen molar-refractivity contribution in [2.75, 3.05) is 12.4 Å². The van der Waals surface area contributed by atoms with Crippen LogP contribution in [0.5, 0.6) is 5.75 Å². The quantitative estimate of drug-likeness (QED) is 0.616. The Morgan fingerprint density at radius 2 is 2.14 bits per heavy atom. The Labute approximate surface area is 175 Å². The van der Waals surface area contributed by atoms with E-state index < -0.39 is 0 Å². The van der Waals surface area contributed by atoms with Gasteiger partial charge in [0.2, 0.25) is 5.13 Å². The van der Waals surface area contributed by atoms with Crippen molar-refractivity contribution in [3.05, 3.63) is 45.9 Å². The van der Waals surface area contributed by atoms with Crippen LogP contribution >= 0.6 is 22.9 Å². The molecule has 0 spiro atoms. The molecule has 0 unspecified atom stereocenters. The van der Waals surface area contributed by atoms with Crippen LogP contribution in [0, 0.1) is 24.2 Å². The second kappa shape index (κ2) is 7.73. The number of aromatic nitrogens is 4. The number of methoxy groups -OCH3 is 1. The van der Waals surface area contributed by atoms with Crippen molar-refractivity contribution in [3.8, 4) is 22.9 Å². The lowest BCUT2D eigenvalue weighted by Crippen LogP contribution is -2.14. The lowest BCUT2D eigenvalue weighted by molar-refractivity contribution is 0.102. The number of hydrogen-bond acceptors (Lipinski definition) is 8. The first-order valence-electron chi connectivity index (χ1n) is 8.71. The van der Waals surface area contributed by atoms with E-state index in [-0.39, 0.29) is 22.9 Å². The number of pyridine rings is 2. The van der Waals surface area contributed by atoms with Gasteiger partial charge in [-0.1, -0.05) is 22.9 Å². The number of nitrogens with zero attached hydrogens (tertiary/aromatic N) is 5. The molecule has 0 bridgehead atoms. The zero-order chi connectivity index (χ0) is 20.5. The van der Waals surface area contributed by atoms with E-state index in [1.807, 2.05) is 6.92 Å². The molecular formula is C19H15ClN6O2S. The Hall–Kier alpha value is -3.09. The van der Waals surface area contributed by atoms with Crippen molar-refractivity contribution < 1.29 is 9.53 Å². The highest BCUT2D eigenvalue weighted by Crippen LogP contribution is 2.48. The number of amides is 1. The van der Waals surface area contributed by atoms with Gasteiger partial charge in [0, 0.05) is 28.9 Å². The van der Waals surface area contributed by atoms with E-state index >= 15 is 0 Å². The Morgan fingerprint density at radius 1 is 1.31 bits per heavy atom. The summed E-state index contributed by atoms with van der Waals surface area (Å²) in [6, 6.07) is 5.66. The molecule has 1 aliphatic carbocycles. The van der Waals surface area contributed by atoms with Crippen LogP contribution in [0.1, 0.15) is 33.4 Å². The second-order valence-electron chi connectivity index (χ2n) is 6.56. The first kappa shape index (κ1) is 19.2. The van der Waals surface area contributed by atoms with Crippen LogP contribution in [-0.2, 0) is 0 Å². The molecule has 146 valence electrons. The highest BCUT2D eigenvalue weighted by Gasteiger charge is 2.41. The summed E-state index contributed by atoms with van der Waals surface area (Å²) in [5.41, 5.74) is 2.33. The van der Waals surface area contributed by atoms with Gasteiger partial charge >= 0.3 is 0 Å². The lowest BCUT2D eigenvalue weighted by atomic mass is 10.0. The average molecular weight is 427 g/mol. The van der Waals surface area contributed by atoms with Gasteiger partial charge < -0.3 is 4.74 Å². The van der Waals surface area contributed by atoms with Crippen molar-refractivity contribution in [1.82, 2.24) is 20.2 Å². The molecule has 1 amide bonds. The summed E-state index contributed by atoms with van der Waals surface area (Å²) < 4.78 is 5.39. The van der Waals surface area contributed by atoms with Crippen molar-refractivity contribution >= 4 is 34.0 Å². The molecular weight excluding hydrogens is 412 g/mol. The molecule has 0 radical (unpaired) electrons. The fourth-order valence-electron chi connectivity index (χ4n) is 2.96. The summed E-state index contributed by atoms with van der Waals surface area (Å²) in [5.74, 6) is 0.215. The van der Waals surface area contributed by atoms with Gasteiger partial charge in [0.1, 0.15) is 15.9 Å². The van der Waals surface area contributed by atoms with Gasteiger partial charge in [0.05, 0.1) is 30.9 Å². The van der Waals surface area contributed by atoms with Crippen LogP contribution in [0.4, 0.5) is 5.13 Å². The molecule has 1 saturated carbocycles. The van der Waals surface area contributed by atoms with E-state index in [0.29, 0.717) is 27.6 Å². The molecule has 0 aromatic carbocycles.